The second-order valence-corrected chi connectivity index (χ2v) is 4.17. The molecule has 3 aromatic rings. The molecule has 0 saturated carbocycles. The molecule has 96 valence electrons. The molecule has 0 aliphatic rings. The van der Waals surface area contributed by atoms with Crippen molar-refractivity contribution in [2.45, 2.75) is 0 Å². The summed E-state index contributed by atoms with van der Waals surface area (Å²) in [5, 5.41) is 6.98. The molecule has 0 aliphatic heterocycles. The van der Waals surface area contributed by atoms with Crippen LogP contribution in [-0.2, 0) is 0 Å². The molecule has 0 aliphatic carbocycles. The van der Waals surface area contributed by atoms with Gasteiger partial charge in [-0.05, 0) is 35.9 Å². The molecule has 0 atom stereocenters. The van der Waals surface area contributed by atoms with Crippen molar-refractivity contribution >= 4 is 29.0 Å². The van der Waals surface area contributed by atoms with Gasteiger partial charge < -0.3 is 4.85 Å². The minimum absolute atomic E-state index is 0.285. The van der Waals surface area contributed by atoms with Crippen LogP contribution in [0, 0.1) is 12.4 Å². The van der Waals surface area contributed by atoms with Gasteiger partial charge in [0.1, 0.15) is 17.0 Å². The molecule has 3 rings (SSSR count). The number of aromatic amines is 1. The summed E-state index contributed by atoms with van der Waals surface area (Å²) >= 11 is 0. The fourth-order valence-corrected chi connectivity index (χ4v) is 1.87. The van der Waals surface area contributed by atoms with E-state index in [1.54, 1.807) is 36.4 Å². The molecule has 0 fully saturated rings. The maximum Gasteiger partial charge on any atom is 0.270 e. The predicted molar refractivity (Wildman–Crippen MR) is 75.5 cm³/mol. The number of H-pyrrole nitrogens is 1. The zero-order valence-corrected chi connectivity index (χ0v) is 10.3. The van der Waals surface area contributed by atoms with E-state index in [1.807, 2.05) is 0 Å². The molecule has 2 aromatic heterocycles. The van der Waals surface area contributed by atoms with Crippen LogP contribution in [0.3, 0.4) is 0 Å². The van der Waals surface area contributed by atoms with E-state index in [0.717, 1.165) is 11.1 Å². The van der Waals surface area contributed by atoms with E-state index in [1.165, 1.54) is 12.1 Å². The standard InChI is InChI=1S/C15H9FN4/c1-17-14-8-7-13-15(18-14)12(19-20-13)6-5-10-3-2-4-11(16)9-10/h2-9H,(H,19,20)/b6-5+. The maximum absolute atomic E-state index is 13.1. The molecule has 1 N–H and O–H groups in total. The predicted octanol–water partition coefficient (Wildman–Crippen LogP) is 3.82. The topological polar surface area (TPSA) is 45.9 Å². The minimum Gasteiger partial charge on any atom is -0.361 e. The number of halogens is 1. The molecule has 0 bridgehead atoms. The number of nitrogens with zero attached hydrogens (tertiary/aromatic N) is 3. The number of pyridine rings is 1. The van der Waals surface area contributed by atoms with Crippen molar-refractivity contribution in [3.05, 3.63) is 64.9 Å². The fraction of sp³-hybridized carbons (Fsp3) is 0. The highest BCUT2D eigenvalue weighted by molar-refractivity contribution is 5.87. The summed E-state index contributed by atoms with van der Waals surface area (Å²) in [7, 11) is 0. The Kier molecular flexibility index (Phi) is 2.98. The average molecular weight is 264 g/mol. The lowest BCUT2D eigenvalue weighted by Gasteiger charge is -1.92. The number of fused-ring (bicyclic) bond motifs is 1. The Bertz CT molecular complexity index is 842. The first-order valence-electron chi connectivity index (χ1n) is 5.92. The van der Waals surface area contributed by atoms with Gasteiger partial charge in [0.15, 0.2) is 0 Å². The van der Waals surface area contributed by atoms with Gasteiger partial charge in [0, 0.05) is 0 Å². The second-order valence-electron chi connectivity index (χ2n) is 4.17. The maximum atomic E-state index is 13.1. The first-order valence-corrected chi connectivity index (χ1v) is 5.92. The third kappa shape index (κ3) is 2.27. The monoisotopic (exact) mass is 264 g/mol. The van der Waals surface area contributed by atoms with E-state index in [2.05, 4.69) is 20.0 Å². The summed E-state index contributed by atoms with van der Waals surface area (Å²) in [6.07, 6.45) is 3.50. The summed E-state index contributed by atoms with van der Waals surface area (Å²) in [5.41, 5.74) is 2.75. The molecule has 20 heavy (non-hydrogen) atoms. The zero-order valence-electron chi connectivity index (χ0n) is 10.3. The van der Waals surface area contributed by atoms with E-state index < -0.39 is 0 Å². The Morgan fingerprint density at radius 3 is 2.90 bits per heavy atom. The normalized spacial score (nSPS) is 11.0. The summed E-state index contributed by atoms with van der Waals surface area (Å²) in [6, 6.07) is 9.67. The largest absolute Gasteiger partial charge is 0.361 e. The van der Waals surface area contributed by atoms with E-state index >= 15 is 0 Å². The Morgan fingerprint density at radius 2 is 2.10 bits per heavy atom. The van der Waals surface area contributed by atoms with Crippen molar-refractivity contribution < 1.29 is 4.39 Å². The number of aromatic nitrogens is 3. The Morgan fingerprint density at radius 1 is 1.20 bits per heavy atom. The highest BCUT2D eigenvalue weighted by atomic mass is 19.1. The van der Waals surface area contributed by atoms with Crippen molar-refractivity contribution in [3.8, 4) is 0 Å². The van der Waals surface area contributed by atoms with Crippen LogP contribution in [0.5, 0.6) is 0 Å². The first kappa shape index (κ1) is 12.1. The molecule has 0 spiro atoms. The molecule has 0 unspecified atom stereocenters. The summed E-state index contributed by atoms with van der Waals surface area (Å²) in [6.45, 7) is 6.97. The van der Waals surface area contributed by atoms with Gasteiger partial charge in [-0.3, -0.25) is 5.10 Å². The van der Waals surface area contributed by atoms with Crippen LogP contribution in [0.4, 0.5) is 10.2 Å². The number of hydrogen-bond donors (Lipinski definition) is 1. The molecule has 5 heteroatoms. The van der Waals surface area contributed by atoms with E-state index in [9.17, 15) is 4.39 Å². The van der Waals surface area contributed by atoms with Crippen LogP contribution < -0.4 is 0 Å². The Balaban J connectivity index is 2.00. The second kappa shape index (κ2) is 4.94. The number of hydrogen-bond acceptors (Lipinski definition) is 2. The number of rotatable bonds is 2. The average Bonchev–Trinajstić information content (AvgIpc) is 2.87. The lowest BCUT2D eigenvalue weighted by atomic mass is 10.2. The molecule has 2 heterocycles. The van der Waals surface area contributed by atoms with Crippen molar-refractivity contribution in [1.82, 2.24) is 15.2 Å². The highest BCUT2D eigenvalue weighted by Gasteiger charge is 2.08. The van der Waals surface area contributed by atoms with Crippen molar-refractivity contribution in [2.24, 2.45) is 0 Å². The Labute approximate surface area is 114 Å². The third-order valence-electron chi connectivity index (χ3n) is 2.82. The van der Waals surface area contributed by atoms with Gasteiger partial charge in [-0.15, -0.1) is 4.98 Å². The smallest absolute Gasteiger partial charge is 0.270 e. The van der Waals surface area contributed by atoms with Crippen LogP contribution in [0.15, 0.2) is 36.4 Å². The third-order valence-corrected chi connectivity index (χ3v) is 2.82. The van der Waals surface area contributed by atoms with Gasteiger partial charge in [-0.1, -0.05) is 24.8 Å². The number of nitrogens with one attached hydrogen (secondary N) is 1. The quantitative estimate of drug-likeness (QED) is 0.715. The van der Waals surface area contributed by atoms with Crippen molar-refractivity contribution in [1.29, 1.82) is 0 Å². The van der Waals surface area contributed by atoms with Crippen LogP contribution in [0.2, 0.25) is 0 Å². The summed E-state index contributed by atoms with van der Waals surface area (Å²) in [5.74, 6) is 0.0340. The minimum atomic E-state index is -0.285. The van der Waals surface area contributed by atoms with Crippen LogP contribution in [-0.4, -0.2) is 15.2 Å². The molecular formula is C15H9FN4. The van der Waals surface area contributed by atoms with Crippen LogP contribution in [0.25, 0.3) is 28.0 Å². The molecule has 0 saturated heterocycles. The number of benzene rings is 1. The first-order chi connectivity index (χ1) is 9.76. The zero-order chi connectivity index (χ0) is 13.9. The van der Waals surface area contributed by atoms with E-state index in [0.29, 0.717) is 17.0 Å². The van der Waals surface area contributed by atoms with Crippen molar-refractivity contribution in [3.63, 3.8) is 0 Å². The van der Waals surface area contributed by atoms with Gasteiger partial charge in [-0.25, -0.2) is 4.39 Å². The highest BCUT2D eigenvalue weighted by Crippen LogP contribution is 2.19. The Hall–Kier alpha value is -3.00. The van der Waals surface area contributed by atoms with Crippen LogP contribution in [0.1, 0.15) is 11.3 Å². The lowest BCUT2D eigenvalue weighted by Crippen LogP contribution is -1.79. The summed E-state index contributed by atoms with van der Waals surface area (Å²) < 4.78 is 13.1. The fourth-order valence-electron chi connectivity index (χ4n) is 1.87. The van der Waals surface area contributed by atoms with Gasteiger partial charge in [-0.2, -0.15) is 5.10 Å². The molecule has 1 aromatic carbocycles. The van der Waals surface area contributed by atoms with Gasteiger partial charge in [0.2, 0.25) is 5.52 Å². The summed E-state index contributed by atoms with van der Waals surface area (Å²) in [4.78, 5) is 7.51. The van der Waals surface area contributed by atoms with Gasteiger partial charge in [0.25, 0.3) is 5.82 Å². The van der Waals surface area contributed by atoms with Crippen molar-refractivity contribution in [2.75, 3.05) is 0 Å². The van der Waals surface area contributed by atoms with Crippen LogP contribution >= 0.6 is 0 Å². The molecule has 4 nitrogen and oxygen atoms in total. The molecule has 0 amide bonds. The molecule has 0 radical (unpaired) electrons. The van der Waals surface area contributed by atoms with Gasteiger partial charge >= 0.3 is 0 Å². The van der Waals surface area contributed by atoms with E-state index in [4.69, 9.17) is 6.57 Å². The molecular weight excluding hydrogens is 255 g/mol. The van der Waals surface area contributed by atoms with Gasteiger partial charge in [0.05, 0.1) is 0 Å². The van der Waals surface area contributed by atoms with E-state index in [-0.39, 0.29) is 5.82 Å². The lowest BCUT2D eigenvalue weighted by molar-refractivity contribution is 0.627. The SMILES string of the molecule is [C-]#[N+]c1ccc2[nH]nc(/C=C/c3cccc(F)c3)c2n1.